The molecule has 1 fully saturated rings. The average molecular weight is 649 g/mol. The molecule has 4 aromatic rings. The molecule has 0 spiro atoms. The first kappa shape index (κ1) is 27.3. The lowest BCUT2D eigenvalue weighted by Crippen LogP contribution is -2.31. The molecule has 0 amide bonds. The van der Waals surface area contributed by atoms with Crippen LogP contribution in [-0.4, -0.2) is 47.3 Å². The van der Waals surface area contributed by atoms with Crippen LogP contribution in [0, 0.1) is 3.57 Å². The highest BCUT2D eigenvalue weighted by Crippen LogP contribution is 2.29. The summed E-state index contributed by atoms with van der Waals surface area (Å²) in [7, 11) is 1.52. The summed E-state index contributed by atoms with van der Waals surface area (Å²) in [5, 5.41) is 7.58. The van der Waals surface area contributed by atoms with Crippen LogP contribution in [0.15, 0.2) is 77.9 Å². The number of halogens is 1. The molecule has 1 aliphatic heterocycles. The number of nitrogens with zero attached hydrogens (tertiary/aromatic N) is 5. The fraction of sp³-hybridized carbons (Fsp3) is 0.207. The van der Waals surface area contributed by atoms with E-state index in [0.717, 1.165) is 40.8 Å². The monoisotopic (exact) mass is 649 g/mol. The summed E-state index contributed by atoms with van der Waals surface area (Å²) < 4.78 is 11.9. The lowest BCUT2D eigenvalue weighted by Gasteiger charge is -2.26. The predicted molar refractivity (Wildman–Crippen MR) is 164 cm³/mol. The zero-order valence-electron chi connectivity index (χ0n) is 21.9. The van der Waals surface area contributed by atoms with Gasteiger partial charge in [-0.05, 0) is 89.9 Å². The number of nitrogens with one attached hydrogen (secondary N) is 2. The third-order valence-corrected chi connectivity index (χ3v) is 7.10. The number of ether oxygens (including phenoxy) is 2. The zero-order chi connectivity index (χ0) is 27.7. The van der Waals surface area contributed by atoms with Gasteiger partial charge < -0.3 is 19.7 Å². The summed E-state index contributed by atoms with van der Waals surface area (Å²) in [5.74, 6) is 1.63. The summed E-state index contributed by atoms with van der Waals surface area (Å²) in [5.41, 5.74) is 5.02. The summed E-state index contributed by atoms with van der Waals surface area (Å²) in [6, 6.07) is 22.2. The normalized spacial score (nSPS) is 13.2. The Balaban J connectivity index is 1.31. The molecule has 3 aromatic carbocycles. The minimum atomic E-state index is -0.453. The van der Waals surface area contributed by atoms with Gasteiger partial charge in [0.25, 0.3) is 0 Å². The Kier molecular flexibility index (Phi) is 9.01. The Morgan fingerprint density at radius 3 is 2.45 bits per heavy atom. The molecule has 5 rings (SSSR count). The van der Waals surface area contributed by atoms with Gasteiger partial charge in [0, 0.05) is 22.3 Å². The van der Waals surface area contributed by atoms with Crippen LogP contribution in [0.3, 0.4) is 0 Å². The smallest absolute Gasteiger partial charge is 0.344 e. The Morgan fingerprint density at radius 1 is 0.925 bits per heavy atom. The van der Waals surface area contributed by atoms with Crippen molar-refractivity contribution in [3.05, 3.63) is 87.5 Å². The van der Waals surface area contributed by atoms with E-state index in [9.17, 15) is 4.79 Å². The van der Waals surface area contributed by atoms with E-state index in [0.29, 0.717) is 34.9 Å². The molecule has 0 unspecified atom stereocenters. The van der Waals surface area contributed by atoms with E-state index in [4.69, 9.17) is 9.47 Å². The van der Waals surface area contributed by atoms with Crippen LogP contribution >= 0.6 is 22.6 Å². The Bertz CT molecular complexity index is 1490. The molecule has 10 nitrogen and oxygen atoms in total. The van der Waals surface area contributed by atoms with Gasteiger partial charge in [-0.15, -0.1) is 0 Å². The fourth-order valence-electron chi connectivity index (χ4n) is 4.15. The molecule has 0 atom stereocenters. The number of esters is 1. The molecular formula is C29H28IN7O3. The minimum Gasteiger partial charge on any atom is -0.493 e. The van der Waals surface area contributed by atoms with Crippen molar-refractivity contribution in [3.8, 4) is 11.5 Å². The lowest BCUT2D eigenvalue weighted by molar-refractivity contribution is 0.0728. The number of carbonyl (C=O) groups is 1. The van der Waals surface area contributed by atoms with Gasteiger partial charge in [-0.25, -0.2) is 10.2 Å². The molecule has 1 aromatic heterocycles. The number of hydrazone groups is 1. The highest BCUT2D eigenvalue weighted by atomic mass is 127. The van der Waals surface area contributed by atoms with Crippen LogP contribution in [0.25, 0.3) is 0 Å². The largest absolute Gasteiger partial charge is 0.493 e. The van der Waals surface area contributed by atoms with E-state index in [2.05, 4.69) is 58.3 Å². The van der Waals surface area contributed by atoms with Crippen LogP contribution in [0.5, 0.6) is 11.5 Å². The molecule has 204 valence electrons. The number of rotatable bonds is 9. The first-order chi connectivity index (χ1) is 19.6. The number of aromatic nitrogens is 3. The quantitative estimate of drug-likeness (QED) is 0.0754. The van der Waals surface area contributed by atoms with Gasteiger partial charge in [-0.1, -0.05) is 30.3 Å². The lowest BCUT2D eigenvalue weighted by atomic mass is 10.1. The first-order valence-electron chi connectivity index (χ1n) is 12.9. The number of hydrogen-bond donors (Lipinski definition) is 2. The van der Waals surface area contributed by atoms with Crippen molar-refractivity contribution in [1.29, 1.82) is 0 Å². The summed E-state index contributed by atoms with van der Waals surface area (Å²) in [6.07, 6.45) is 5.03. The van der Waals surface area contributed by atoms with E-state index in [1.165, 1.54) is 13.5 Å². The molecule has 2 heterocycles. The Morgan fingerprint density at radius 2 is 1.68 bits per heavy atom. The van der Waals surface area contributed by atoms with E-state index < -0.39 is 5.97 Å². The molecular weight excluding hydrogens is 621 g/mol. The van der Waals surface area contributed by atoms with Gasteiger partial charge in [0.15, 0.2) is 11.5 Å². The van der Waals surface area contributed by atoms with Crippen LogP contribution in [0.4, 0.5) is 23.5 Å². The van der Waals surface area contributed by atoms with E-state index >= 15 is 0 Å². The van der Waals surface area contributed by atoms with Gasteiger partial charge in [0.2, 0.25) is 17.8 Å². The maximum Gasteiger partial charge on any atom is 0.344 e. The van der Waals surface area contributed by atoms with Gasteiger partial charge in [0.05, 0.1) is 18.9 Å². The van der Waals surface area contributed by atoms with E-state index in [-0.39, 0.29) is 0 Å². The van der Waals surface area contributed by atoms with Crippen LogP contribution in [0.1, 0.15) is 35.2 Å². The number of para-hydroxylation sites is 1. The van der Waals surface area contributed by atoms with Crippen molar-refractivity contribution in [1.82, 2.24) is 15.0 Å². The van der Waals surface area contributed by atoms with E-state index in [1.807, 2.05) is 42.5 Å². The second-order valence-electron chi connectivity index (χ2n) is 8.97. The van der Waals surface area contributed by atoms with E-state index in [1.54, 1.807) is 36.5 Å². The van der Waals surface area contributed by atoms with Crippen molar-refractivity contribution in [2.45, 2.75) is 19.3 Å². The first-order valence-corrected chi connectivity index (χ1v) is 13.9. The highest BCUT2D eigenvalue weighted by molar-refractivity contribution is 14.1. The fourth-order valence-corrected chi connectivity index (χ4v) is 4.76. The van der Waals surface area contributed by atoms with Crippen molar-refractivity contribution in [2.24, 2.45) is 5.10 Å². The number of hydrogen-bond acceptors (Lipinski definition) is 10. The number of methoxy groups -OCH3 is 1. The molecule has 11 heteroatoms. The molecule has 1 saturated heterocycles. The zero-order valence-corrected chi connectivity index (χ0v) is 24.0. The standard InChI is InChI=1S/C29H28IN7O3/c1-39-25-18-20(14-15-24(25)40-26(38)22-12-6-7-13-23(22)30)19-31-36-28-33-27(32-21-10-4-2-5-11-21)34-29(35-28)37-16-8-3-9-17-37/h2,4-7,10-15,18-19H,3,8-9,16-17H2,1H3,(H2,32,33,34,35,36)/b31-19-. The number of benzene rings is 3. The summed E-state index contributed by atoms with van der Waals surface area (Å²) in [6.45, 7) is 1.80. The van der Waals surface area contributed by atoms with Crippen molar-refractivity contribution < 1.29 is 14.3 Å². The third kappa shape index (κ3) is 7.03. The van der Waals surface area contributed by atoms with Crippen molar-refractivity contribution >= 4 is 58.3 Å². The molecule has 0 radical (unpaired) electrons. The second-order valence-corrected chi connectivity index (χ2v) is 10.1. The number of piperidine rings is 1. The highest BCUT2D eigenvalue weighted by Gasteiger charge is 2.17. The topological polar surface area (TPSA) is 114 Å². The average Bonchev–Trinajstić information content (AvgIpc) is 2.99. The maximum absolute atomic E-state index is 12.7. The van der Waals surface area contributed by atoms with Gasteiger partial charge >= 0.3 is 5.97 Å². The molecule has 2 N–H and O–H groups in total. The second kappa shape index (κ2) is 13.2. The molecule has 0 saturated carbocycles. The molecule has 0 aliphatic carbocycles. The maximum atomic E-state index is 12.7. The van der Waals surface area contributed by atoms with Crippen molar-refractivity contribution in [2.75, 3.05) is 35.8 Å². The summed E-state index contributed by atoms with van der Waals surface area (Å²) in [4.78, 5) is 28.6. The Labute approximate surface area is 246 Å². The van der Waals surface area contributed by atoms with Gasteiger partial charge in [-0.3, -0.25) is 0 Å². The van der Waals surface area contributed by atoms with Gasteiger partial charge in [-0.2, -0.15) is 20.1 Å². The van der Waals surface area contributed by atoms with Crippen LogP contribution < -0.4 is 25.1 Å². The molecule has 0 bridgehead atoms. The van der Waals surface area contributed by atoms with Crippen LogP contribution in [-0.2, 0) is 0 Å². The minimum absolute atomic E-state index is 0.317. The number of anilines is 4. The van der Waals surface area contributed by atoms with Gasteiger partial charge in [0.1, 0.15) is 0 Å². The predicted octanol–water partition coefficient (Wildman–Crippen LogP) is 5.88. The molecule has 40 heavy (non-hydrogen) atoms. The number of carbonyl (C=O) groups excluding carboxylic acids is 1. The molecule has 1 aliphatic rings. The van der Waals surface area contributed by atoms with Crippen molar-refractivity contribution in [3.63, 3.8) is 0 Å². The third-order valence-electron chi connectivity index (χ3n) is 6.15. The SMILES string of the molecule is COc1cc(/C=N\Nc2nc(Nc3ccccc3)nc(N3CCCCC3)n2)ccc1OC(=O)c1ccccc1I. The van der Waals surface area contributed by atoms with Crippen LogP contribution in [0.2, 0.25) is 0 Å². The summed E-state index contributed by atoms with van der Waals surface area (Å²) >= 11 is 2.11. The Hall–Kier alpha value is -4.26.